The third-order valence-electron chi connectivity index (χ3n) is 4.45. The summed E-state index contributed by atoms with van der Waals surface area (Å²) in [6.07, 6.45) is 2.44. The number of hydrogen-bond acceptors (Lipinski definition) is 4. The number of fused-ring (bicyclic) bond motifs is 1. The first-order chi connectivity index (χ1) is 10.4. The van der Waals surface area contributed by atoms with Crippen LogP contribution in [0.3, 0.4) is 0 Å². The van der Waals surface area contributed by atoms with Gasteiger partial charge in [-0.3, -0.25) is 9.59 Å². The van der Waals surface area contributed by atoms with Crippen LogP contribution in [0.4, 0.5) is 0 Å². The molecule has 3 rings (SSSR count). The average molecular weight is 322 g/mol. The average Bonchev–Trinajstić information content (AvgIpc) is 3.05. The highest BCUT2D eigenvalue weighted by atomic mass is 32.2. The Balaban J connectivity index is 1.90. The zero-order chi connectivity index (χ0) is 15.9. The maximum atomic E-state index is 12.5. The van der Waals surface area contributed by atoms with Crippen molar-refractivity contribution >= 4 is 29.4 Å². The number of amides is 1. The Bertz CT molecular complexity index is 659. The van der Waals surface area contributed by atoms with Gasteiger partial charge in [0.25, 0.3) is 5.91 Å². The minimum Gasteiger partial charge on any atom is -0.479 e. The monoisotopic (exact) mass is 322 g/mol. The molecule has 2 heterocycles. The number of carbonyl (C=O) groups is 3. The molecule has 0 saturated carbocycles. The van der Waals surface area contributed by atoms with E-state index in [1.807, 2.05) is 0 Å². The number of carboxylic acids is 1. The van der Waals surface area contributed by atoms with Crippen molar-refractivity contribution in [2.24, 2.45) is 0 Å². The lowest BCUT2D eigenvalue weighted by Crippen LogP contribution is -2.55. The van der Waals surface area contributed by atoms with Crippen LogP contribution in [0.1, 0.15) is 51.4 Å². The highest BCUT2D eigenvalue weighted by Crippen LogP contribution is 2.30. The molecule has 3 N–H and O–H groups in total. The Morgan fingerprint density at radius 3 is 2.73 bits per heavy atom. The van der Waals surface area contributed by atoms with Crippen molar-refractivity contribution < 1.29 is 19.5 Å². The molecular formula is C15H18N2O4S. The molecule has 6 nitrogen and oxygen atoms in total. The highest BCUT2D eigenvalue weighted by Gasteiger charge is 2.44. The fraction of sp³-hybridized carbons (Fsp3) is 0.533. The summed E-state index contributed by atoms with van der Waals surface area (Å²) < 4.78 is 0. The third-order valence-corrected chi connectivity index (χ3v) is 5.64. The lowest BCUT2D eigenvalue weighted by molar-refractivity contribution is -0.143. The van der Waals surface area contributed by atoms with Crippen molar-refractivity contribution in [3.63, 3.8) is 0 Å². The Labute approximate surface area is 132 Å². The quantitative estimate of drug-likeness (QED) is 0.784. The minimum absolute atomic E-state index is 0.0541. The Morgan fingerprint density at radius 2 is 2.14 bits per heavy atom. The van der Waals surface area contributed by atoms with E-state index in [9.17, 15) is 19.5 Å². The molecule has 1 aromatic rings. The summed E-state index contributed by atoms with van der Waals surface area (Å²) >= 11 is 1.52. The number of ketones is 1. The lowest BCUT2D eigenvalue weighted by atomic mass is 9.93. The van der Waals surface area contributed by atoms with Crippen molar-refractivity contribution in [2.75, 3.05) is 11.5 Å². The number of thioether (sulfide) groups is 1. The summed E-state index contributed by atoms with van der Waals surface area (Å²) in [4.78, 5) is 39.1. The Morgan fingerprint density at radius 1 is 1.36 bits per heavy atom. The number of rotatable bonds is 3. The summed E-state index contributed by atoms with van der Waals surface area (Å²) in [5.41, 5.74) is 1.15. The molecule has 1 fully saturated rings. The molecule has 7 heteroatoms. The predicted octanol–water partition coefficient (Wildman–Crippen LogP) is 1.53. The van der Waals surface area contributed by atoms with Gasteiger partial charge in [0, 0.05) is 23.4 Å². The number of hydrogen-bond donors (Lipinski definition) is 3. The van der Waals surface area contributed by atoms with Crippen molar-refractivity contribution in [3.8, 4) is 0 Å². The van der Waals surface area contributed by atoms with Gasteiger partial charge in [-0.05, 0) is 37.5 Å². The van der Waals surface area contributed by atoms with E-state index in [1.54, 1.807) is 6.92 Å². The Hall–Kier alpha value is -1.76. The molecular weight excluding hydrogens is 304 g/mol. The maximum absolute atomic E-state index is 12.5. The number of H-pyrrole nitrogens is 1. The molecule has 2 aliphatic rings. The van der Waals surface area contributed by atoms with Crippen LogP contribution in [0, 0.1) is 6.92 Å². The van der Waals surface area contributed by atoms with E-state index >= 15 is 0 Å². The Kier molecular flexibility index (Phi) is 3.76. The second-order valence-electron chi connectivity index (χ2n) is 5.90. The second kappa shape index (κ2) is 5.46. The van der Waals surface area contributed by atoms with Crippen LogP contribution in [0.5, 0.6) is 0 Å². The van der Waals surface area contributed by atoms with E-state index in [-0.39, 0.29) is 5.78 Å². The van der Waals surface area contributed by atoms with Crippen LogP contribution in [0.2, 0.25) is 0 Å². The first-order valence-electron chi connectivity index (χ1n) is 7.33. The fourth-order valence-corrected chi connectivity index (χ4v) is 4.49. The zero-order valence-electron chi connectivity index (χ0n) is 12.3. The van der Waals surface area contributed by atoms with Gasteiger partial charge in [-0.1, -0.05) is 0 Å². The molecule has 1 unspecified atom stereocenters. The highest BCUT2D eigenvalue weighted by molar-refractivity contribution is 7.99. The van der Waals surface area contributed by atoms with E-state index in [2.05, 4.69) is 10.3 Å². The predicted molar refractivity (Wildman–Crippen MR) is 82.6 cm³/mol. The molecule has 1 aromatic heterocycles. The second-order valence-corrected chi connectivity index (χ2v) is 7.00. The van der Waals surface area contributed by atoms with E-state index in [0.717, 1.165) is 18.5 Å². The molecule has 0 radical (unpaired) electrons. The van der Waals surface area contributed by atoms with Gasteiger partial charge in [-0.15, -0.1) is 0 Å². The number of aromatic amines is 1. The number of carbonyl (C=O) groups excluding carboxylic acids is 2. The van der Waals surface area contributed by atoms with Crippen LogP contribution in [-0.2, 0) is 11.2 Å². The van der Waals surface area contributed by atoms with Crippen molar-refractivity contribution in [1.29, 1.82) is 0 Å². The standard InChI is InChI=1S/C15H18N2O4S/c1-8-11-9(3-2-4-10(11)18)16-12(8)13(19)17-15(14(20)21)5-6-22-7-15/h16H,2-7H2,1H3,(H,17,19)(H,20,21). The van der Waals surface area contributed by atoms with Crippen LogP contribution >= 0.6 is 11.8 Å². The van der Waals surface area contributed by atoms with Gasteiger partial charge in [-0.25, -0.2) is 4.79 Å². The van der Waals surface area contributed by atoms with Crippen LogP contribution in [0.25, 0.3) is 0 Å². The molecule has 0 bridgehead atoms. The molecule has 22 heavy (non-hydrogen) atoms. The van der Waals surface area contributed by atoms with Gasteiger partial charge in [0.05, 0.1) is 0 Å². The summed E-state index contributed by atoms with van der Waals surface area (Å²) in [5.74, 6) is -0.309. The molecule has 1 aliphatic heterocycles. The van der Waals surface area contributed by atoms with Crippen molar-refractivity contribution in [3.05, 3.63) is 22.5 Å². The molecule has 1 amide bonds. The van der Waals surface area contributed by atoms with Crippen LogP contribution < -0.4 is 5.32 Å². The van der Waals surface area contributed by atoms with Crippen LogP contribution in [0.15, 0.2) is 0 Å². The number of aryl methyl sites for hydroxylation is 1. The van der Waals surface area contributed by atoms with Crippen LogP contribution in [-0.4, -0.2) is 44.8 Å². The number of Topliss-reactive ketones (excluding diaryl/α,β-unsaturated/α-hetero) is 1. The van der Waals surface area contributed by atoms with Gasteiger partial charge in [-0.2, -0.15) is 11.8 Å². The lowest BCUT2D eigenvalue weighted by Gasteiger charge is -2.24. The SMILES string of the molecule is Cc1c(C(=O)NC2(C(=O)O)CCSC2)[nH]c2c1C(=O)CCC2. The van der Waals surface area contributed by atoms with Gasteiger partial charge in [0.15, 0.2) is 5.78 Å². The van der Waals surface area contributed by atoms with E-state index < -0.39 is 17.4 Å². The number of nitrogens with one attached hydrogen (secondary N) is 2. The molecule has 0 spiro atoms. The number of aliphatic carboxylic acids is 1. The molecule has 1 saturated heterocycles. The molecule has 1 aliphatic carbocycles. The van der Waals surface area contributed by atoms with Crippen molar-refractivity contribution in [2.45, 2.75) is 38.1 Å². The summed E-state index contributed by atoms with van der Waals surface area (Å²) in [6.45, 7) is 1.74. The summed E-state index contributed by atoms with van der Waals surface area (Å²) in [5, 5.41) is 12.1. The minimum atomic E-state index is -1.20. The molecule has 0 aromatic carbocycles. The fourth-order valence-electron chi connectivity index (χ4n) is 3.17. The third kappa shape index (κ3) is 2.33. The topological polar surface area (TPSA) is 99.3 Å². The van der Waals surface area contributed by atoms with Gasteiger partial charge >= 0.3 is 5.97 Å². The van der Waals surface area contributed by atoms with Gasteiger partial charge in [0.2, 0.25) is 0 Å². The van der Waals surface area contributed by atoms with E-state index in [4.69, 9.17) is 0 Å². The first kappa shape index (κ1) is 15.1. The maximum Gasteiger partial charge on any atom is 0.330 e. The van der Waals surface area contributed by atoms with Gasteiger partial charge in [0.1, 0.15) is 11.2 Å². The molecule has 118 valence electrons. The van der Waals surface area contributed by atoms with E-state index in [1.165, 1.54) is 11.8 Å². The van der Waals surface area contributed by atoms with Gasteiger partial charge < -0.3 is 15.4 Å². The molecule has 1 atom stereocenters. The van der Waals surface area contributed by atoms with E-state index in [0.29, 0.717) is 41.2 Å². The first-order valence-corrected chi connectivity index (χ1v) is 8.48. The number of carboxylic acid groups (broad SMARTS) is 1. The number of aromatic nitrogens is 1. The summed E-state index contributed by atoms with van der Waals surface area (Å²) in [7, 11) is 0. The zero-order valence-corrected chi connectivity index (χ0v) is 13.1. The normalized spacial score (nSPS) is 24.1. The largest absolute Gasteiger partial charge is 0.479 e. The summed E-state index contributed by atoms with van der Waals surface area (Å²) in [6, 6.07) is 0. The smallest absolute Gasteiger partial charge is 0.330 e. The van der Waals surface area contributed by atoms with Crippen molar-refractivity contribution in [1.82, 2.24) is 10.3 Å².